The number of nitrogens with zero attached hydrogens (tertiary/aromatic N) is 1. The molecule has 1 aromatic carbocycles. The van der Waals surface area contributed by atoms with Gasteiger partial charge in [0.25, 0.3) is 0 Å². The molecule has 176 valence electrons. The molecule has 2 heterocycles. The molecule has 33 heavy (non-hydrogen) atoms. The van der Waals surface area contributed by atoms with E-state index >= 15 is 0 Å². The van der Waals surface area contributed by atoms with E-state index < -0.39 is 16.0 Å². The fourth-order valence-electron chi connectivity index (χ4n) is 3.98. The molecule has 1 amide bonds. The number of nitrogens with one attached hydrogen (secondary N) is 1. The van der Waals surface area contributed by atoms with E-state index in [-0.39, 0.29) is 10.8 Å². The number of ether oxygens (including phenoxy) is 2. The summed E-state index contributed by atoms with van der Waals surface area (Å²) in [6.07, 6.45) is 6.76. The SMILES string of the molecule is COC(=O)c1c(NC(=O)/C=C/c2ccc(S(=O)(=O)N3CCOCC3)cc2)sc2c1CCCC2. The number of esters is 1. The van der Waals surface area contributed by atoms with E-state index in [0.29, 0.717) is 42.4 Å². The van der Waals surface area contributed by atoms with E-state index in [1.54, 1.807) is 18.2 Å². The molecule has 8 nitrogen and oxygen atoms in total. The lowest BCUT2D eigenvalue weighted by molar-refractivity contribution is -0.111. The first kappa shape index (κ1) is 23.6. The fraction of sp³-hybridized carbons (Fsp3) is 0.391. The van der Waals surface area contributed by atoms with Gasteiger partial charge in [0, 0.05) is 24.0 Å². The number of carbonyl (C=O) groups is 2. The average molecular weight is 491 g/mol. The Balaban J connectivity index is 1.45. The van der Waals surface area contributed by atoms with Gasteiger partial charge in [-0.2, -0.15) is 4.31 Å². The molecule has 1 aromatic heterocycles. The molecule has 0 spiro atoms. The molecular formula is C23H26N2O6S2. The Kier molecular flexibility index (Phi) is 7.28. The molecule has 2 aliphatic rings. The van der Waals surface area contributed by atoms with Crippen molar-refractivity contribution in [3.05, 3.63) is 51.9 Å². The van der Waals surface area contributed by atoms with Crippen LogP contribution in [0.25, 0.3) is 6.08 Å². The Morgan fingerprint density at radius 1 is 1.12 bits per heavy atom. The zero-order valence-corrected chi connectivity index (χ0v) is 20.0. The molecule has 0 radical (unpaired) electrons. The Hall–Kier alpha value is -2.53. The van der Waals surface area contributed by atoms with E-state index in [0.717, 1.165) is 36.1 Å². The highest BCUT2D eigenvalue weighted by Gasteiger charge is 2.27. The van der Waals surface area contributed by atoms with E-state index in [9.17, 15) is 18.0 Å². The third-order valence-electron chi connectivity index (χ3n) is 5.71. The third-order valence-corrected chi connectivity index (χ3v) is 8.83. The summed E-state index contributed by atoms with van der Waals surface area (Å²) in [5.74, 6) is -0.811. The maximum Gasteiger partial charge on any atom is 0.341 e. The number of morpholine rings is 1. The molecule has 1 aliphatic heterocycles. The number of benzene rings is 1. The molecule has 1 aliphatic carbocycles. The highest BCUT2D eigenvalue weighted by molar-refractivity contribution is 7.89. The van der Waals surface area contributed by atoms with Crippen LogP contribution < -0.4 is 5.32 Å². The topological polar surface area (TPSA) is 102 Å². The lowest BCUT2D eigenvalue weighted by Crippen LogP contribution is -2.40. The molecule has 1 fully saturated rings. The molecule has 0 unspecified atom stereocenters. The number of hydrogen-bond donors (Lipinski definition) is 1. The van der Waals surface area contributed by atoms with Crippen molar-refractivity contribution in [3.8, 4) is 0 Å². The number of amides is 1. The van der Waals surface area contributed by atoms with Crippen LogP contribution in [0.2, 0.25) is 0 Å². The Bertz CT molecular complexity index is 1160. The van der Waals surface area contributed by atoms with E-state index in [1.165, 1.54) is 41.0 Å². The molecule has 0 saturated carbocycles. The van der Waals surface area contributed by atoms with Gasteiger partial charge in [-0.1, -0.05) is 12.1 Å². The number of carbonyl (C=O) groups excluding carboxylic acids is 2. The van der Waals surface area contributed by atoms with Gasteiger partial charge in [-0.3, -0.25) is 4.79 Å². The van der Waals surface area contributed by atoms with Crippen LogP contribution in [0.5, 0.6) is 0 Å². The van der Waals surface area contributed by atoms with E-state index in [4.69, 9.17) is 9.47 Å². The van der Waals surface area contributed by atoms with Crippen molar-refractivity contribution in [1.82, 2.24) is 4.31 Å². The van der Waals surface area contributed by atoms with Gasteiger partial charge in [-0.15, -0.1) is 11.3 Å². The first-order valence-corrected chi connectivity index (χ1v) is 13.1. The molecule has 0 bridgehead atoms. The molecule has 10 heteroatoms. The number of sulfonamides is 1. The van der Waals surface area contributed by atoms with E-state index in [1.807, 2.05) is 0 Å². The zero-order chi connectivity index (χ0) is 23.4. The number of thiophene rings is 1. The second kappa shape index (κ2) is 10.2. The van der Waals surface area contributed by atoms with Gasteiger partial charge in [0.1, 0.15) is 5.00 Å². The average Bonchev–Trinajstić information content (AvgIpc) is 3.20. The van der Waals surface area contributed by atoms with Crippen molar-refractivity contribution in [2.75, 3.05) is 38.7 Å². The first-order valence-electron chi connectivity index (χ1n) is 10.8. The summed E-state index contributed by atoms with van der Waals surface area (Å²) in [5.41, 5.74) is 2.12. The van der Waals surface area contributed by atoms with Crippen LogP contribution in [0.3, 0.4) is 0 Å². The zero-order valence-electron chi connectivity index (χ0n) is 18.3. The Morgan fingerprint density at radius 3 is 2.52 bits per heavy atom. The van der Waals surface area contributed by atoms with Crippen molar-refractivity contribution in [2.45, 2.75) is 30.6 Å². The van der Waals surface area contributed by atoms with Crippen LogP contribution in [0.15, 0.2) is 35.2 Å². The minimum atomic E-state index is -3.56. The predicted molar refractivity (Wildman–Crippen MR) is 126 cm³/mol. The largest absolute Gasteiger partial charge is 0.465 e. The van der Waals surface area contributed by atoms with Crippen molar-refractivity contribution >= 4 is 44.3 Å². The van der Waals surface area contributed by atoms with Gasteiger partial charge in [-0.05, 0) is 55.0 Å². The van der Waals surface area contributed by atoms with E-state index in [2.05, 4.69) is 5.32 Å². The number of methoxy groups -OCH3 is 1. The summed E-state index contributed by atoms with van der Waals surface area (Å²) in [6, 6.07) is 6.37. The van der Waals surface area contributed by atoms with Gasteiger partial charge in [-0.25, -0.2) is 13.2 Å². The summed E-state index contributed by atoms with van der Waals surface area (Å²) < 4.78 is 37.0. The minimum Gasteiger partial charge on any atom is -0.465 e. The minimum absolute atomic E-state index is 0.206. The van der Waals surface area contributed by atoms with Gasteiger partial charge in [0.2, 0.25) is 15.9 Å². The lowest BCUT2D eigenvalue weighted by atomic mass is 9.95. The summed E-state index contributed by atoms with van der Waals surface area (Å²) in [6.45, 7) is 1.45. The van der Waals surface area contributed by atoms with Crippen LogP contribution in [0.1, 0.15) is 39.2 Å². The molecule has 2 aromatic rings. The predicted octanol–water partition coefficient (Wildman–Crippen LogP) is 3.09. The molecular weight excluding hydrogens is 464 g/mol. The van der Waals surface area contributed by atoms with Crippen LogP contribution in [-0.2, 0) is 37.1 Å². The quantitative estimate of drug-likeness (QED) is 0.493. The molecule has 0 atom stereocenters. The normalized spacial score (nSPS) is 17.0. The number of anilines is 1. The number of rotatable bonds is 6. The Morgan fingerprint density at radius 2 is 1.82 bits per heavy atom. The van der Waals surface area contributed by atoms with Gasteiger partial charge in [0.15, 0.2) is 0 Å². The smallest absolute Gasteiger partial charge is 0.341 e. The van der Waals surface area contributed by atoms with Crippen molar-refractivity contribution in [3.63, 3.8) is 0 Å². The molecule has 1 N–H and O–H groups in total. The van der Waals surface area contributed by atoms with Crippen molar-refractivity contribution < 1.29 is 27.5 Å². The second-order valence-electron chi connectivity index (χ2n) is 7.81. The highest BCUT2D eigenvalue weighted by atomic mass is 32.2. The fourth-order valence-corrected chi connectivity index (χ4v) is 6.67. The summed E-state index contributed by atoms with van der Waals surface area (Å²) >= 11 is 1.43. The third kappa shape index (κ3) is 5.19. The second-order valence-corrected chi connectivity index (χ2v) is 10.9. The standard InChI is InChI=1S/C23H26N2O6S2/c1-30-23(27)21-18-4-2-3-5-19(18)32-22(21)24-20(26)11-8-16-6-9-17(10-7-16)33(28,29)25-12-14-31-15-13-25/h6-11H,2-5,12-15H2,1H3,(H,24,26)/b11-8+. The number of aryl methyl sites for hydroxylation is 1. The maximum atomic E-state index is 12.7. The molecule has 1 saturated heterocycles. The van der Waals surface area contributed by atoms with Gasteiger partial charge >= 0.3 is 5.97 Å². The number of hydrogen-bond acceptors (Lipinski definition) is 7. The first-order chi connectivity index (χ1) is 15.9. The lowest BCUT2D eigenvalue weighted by Gasteiger charge is -2.26. The van der Waals surface area contributed by atoms with Crippen LogP contribution in [0.4, 0.5) is 5.00 Å². The summed E-state index contributed by atoms with van der Waals surface area (Å²) in [4.78, 5) is 26.2. The van der Waals surface area contributed by atoms with Crippen LogP contribution in [0, 0.1) is 0 Å². The van der Waals surface area contributed by atoms with Crippen LogP contribution >= 0.6 is 11.3 Å². The van der Waals surface area contributed by atoms with Crippen molar-refractivity contribution in [2.24, 2.45) is 0 Å². The van der Waals surface area contributed by atoms with Crippen LogP contribution in [-0.4, -0.2) is 58.0 Å². The monoisotopic (exact) mass is 490 g/mol. The Labute approximate surface area is 197 Å². The maximum absolute atomic E-state index is 12.7. The summed E-state index contributed by atoms with van der Waals surface area (Å²) in [7, 11) is -2.22. The van der Waals surface area contributed by atoms with Crippen molar-refractivity contribution in [1.29, 1.82) is 0 Å². The van der Waals surface area contributed by atoms with Gasteiger partial charge in [0.05, 0.1) is 30.8 Å². The summed E-state index contributed by atoms with van der Waals surface area (Å²) in [5, 5.41) is 3.32. The molecule has 4 rings (SSSR count). The number of fused-ring (bicyclic) bond motifs is 1. The highest BCUT2D eigenvalue weighted by Crippen LogP contribution is 2.38. The van der Waals surface area contributed by atoms with Gasteiger partial charge < -0.3 is 14.8 Å².